The largest absolute Gasteiger partial charge is 0.480 e. The lowest BCUT2D eigenvalue weighted by Crippen LogP contribution is -2.56. The molecule has 1 saturated heterocycles. The Bertz CT molecular complexity index is 991. The molecule has 2 amide bonds. The third kappa shape index (κ3) is 3.65. The summed E-state index contributed by atoms with van der Waals surface area (Å²) in [5, 5.41) is 12.1. The molecule has 31 heavy (non-hydrogen) atoms. The van der Waals surface area contributed by atoms with Crippen LogP contribution in [0.4, 0.5) is 4.79 Å². The van der Waals surface area contributed by atoms with Crippen LogP contribution in [0.25, 0.3) is 11.1 Å². The molecule has 7 nitrogen and oxygen atoms in total. The van der Waals surface area contributed by atoms with Gasteiger partial charge in [-0.05, 0) is 48.9 Å². The molecule has 4 rings (SSSR count). The van der Waals surface area contributed by atoms with Crippen LogP contribution in [0, 0.1) is 0 Å². The van der Waals surface area contributed by atoms with Crippen LogP contribution in [0.1, 0.15) is 43.7 Å². The quantitative estimate of drug-likeness (QED) is 0.770. The molecule has 2 N–H and O–H groups in total. The van der Waals surface area contributed by atoms with Crippen LogP contribution in [-0.4, -0.2) is 52.7 Å². The SMILES string of the molecule is C[C@@H](NC(=O)OCC1c2ccccc2-c2ccccc21)C(=O)N1CCCC1(C)C(=O)O. The molecule has 7 heteroatoms. The lowest BCUT2D eigenvalue weighted by Gasteiger charge is -2.33. The van der Waals surface area contributed by atoms with Crippen molar-refractivity contribution in [3.05, 3.63) is 59.7 Å². The predicted octanol–water partition coefficient (Wildman–Crippen LogP) is 3.38. The molecule has 2 aromatic rings. The first-order chi connectivity index (χ1) is 14.8. The van der Waals surface area contributed by atoms with E-state index in [4.69, 9.17) is 4.74 Å². The van der Waals surface area contributed by atoms with Crippen LogP contribution in [0.2, 0.25) is 0 Å². The van der Waals surface area contributed by atoms with Gasteiger partial charge < -0.3 is 20.1 Å². The summed E-state index contributed by atoms with van der Waals surface area (Å²) in [6, 6.07) is 15.2. The average Bonchev–Trinajstić information content (AvgIpc) is 3.31. The van der Waals surface area contributed by atoms with Crippen LogP contribution in [-0.2, 0) is 14.3 Å². The number of nitrogens with zero attached hydrogens (tertiary/aromatic N) is 1. The van der Waals surface area contributed by atoms with E-state index >= 15 is 0 Å². The summed E-state index contributed by atoms with van der Waals surface area (Å²) in [5.74, 6) is -1.53. The van der Waals surface area contributed by atoms with Crippen molar-refractivity contribution in [3.63, 3.8) is 0 Å². The lowest BCUT2D eigenvalue weighted by molar-refractivity contribution is -0.155. The molecular weight excluding hydrogens is 396 g/mol. The lowest BCUT2D eigenvalue weighted by atomic mass is 9.98. The fraction of sp³-hybridized carbons (Fsp3) is 0.375. The number of hydrogen-bond acceptors (Lipinski definition) is 4. The number of carboxylic acid groups (broad SMARTS) is 1. The third-order valence-corrected chi connectivity index (χ3v) is 6.42. The van der Waals surface area contributed by atoms with Gasteiger partial charge in [-0.25, -0.2) is 9.59 Å². The second-order valence-electron chi connectivity index (χ2n) is 8.36. The molecule has 1 heterocycles. The number of likely N-dealkylation sites (tertiary alicyclic amines) is 1. The number of ether oxygens (including phenoxy) is 1. The van der Waals surface area contributed by atoms with Gasteiger partial charge in [-0.1, -0.05) is 48.5 Å². The standard InChI is InChI=1S/C24H26N2O5/c1-15(21(27)26-13-7-12-24(26,2)22(28)29)25-23(30)31-14-20-18-10-5-3-8-16(18)17-9-4-6-11-19(17)20/h3-6,8-11,15,20H,7,12-14H2,1-2H3,(H,25,30)(H,28,29)/t15-,24?/m1/s1. The summed E-state index contributed by atoms with van der Waals surface area (Å²) in [4.78, 5) is 38.2. The van der Waals surface area contributed by atoms with Crippen molar-refractivity contribution in [2.24, 2.45) is 0 Å². The summed E-state index contributed by atoms with van der Waals surface area (Å²) >= 11 is 0. The van der Waals surface area contributed by atoms with Crippen LogP contribution in [0.3, 0.4) is 0 Å². The Hall–Kier alpha value is -3.35. The van der Waals surface area contributed by atoms with Gasteiger partial charge in [0.2, 0.25) is 5.91 Å². The van der Waals surface area contributed by atoms with E-state index in [2.05, 4.69) is 17.4 Å². The van der Waals surface area contributed by atoms with Crippen LogP contribution >= 0.6 is 0 Å². The smallest absolute Gasteiger partial charge is 0.407 e. The van der Waals surface area contributed by atoms with Crippen molar-refractivity contribution in [1.82, 2.24) is 10.2 Å². The van der Waals surface area contributed by atoms with Gasteiger partial charge in [0, 0.05) is 12.5 Å². The van der Waals surface area contributed by atoms with Gasteiger partial charge in [-0.15, -0.1) is 0 Å². The van der Waals surface area contributed by atoms with Crippen LogP contribution in [0.15, 0.2) is 48.5 Å². The number of carbonyl (C=O) groups excluding carboxylic acids is 2. The van der Waals surface area contributed by atoms with Gasteiger partial charge in [0.15, 0.2) is 0 Å². The highest BCUT2D eigenvalue weighted by atomic mass is 16.5. The van der Waals surface area contributed by atoms with E-state index in [-0.39, 0.29) is 12.5 Å². The molecular formula is C24H26N2O5. The van der Waals surface area contributed by atoms with Crippen molar-refractivity contribution in [3.8, 4) is 11.1 Å². The Labute approximate surface area is 181 Å². The van der Waals surface area contributed by atoms with Gasteiger partial charge in [-0.3, -0.25) is 4.79 Å². The van der Waals surface area contributed by atoms with E-state index < -0.39 is 29.6 Å². The third-order valence-electron chi connectivity index (χ3n) is 6.42. The second kappa shape index (κ2) is 8.06. The molecule has 2 aromatic carbocycles. The summed E-state index contributed by atoms with van der Waals surface area (Å²) in [7, 11) is 0. The fourth-order valence-electron chi connectivity index (χ4n) is 4.65. The monoisotopic (exact) mass is 422 g/mol. The molecule has 1 fully saturated rings. The number of carbonyl (C=O) groups is 3. The van der Waals surface area contributed by atoms with Crippen LogP contribution < -0.4 is 5.32 Å². The zero-order chi connectivity index (χ0) is 22.2. The van der Waals surface area contributed by atoms with E-state index in [1.807, 2.05) is 36.4 Å². The number of benzene rings is 2. The molecule has 0 bridgehead atoms. The molecule has 1 aliphatic carbocycles. The van der Waals surface area contributed by atoms with Gasteiger partial charge in [0.25, 0.3) is 0 Å². The van der Waals surface area contributed by atoms with Gasteiger partial charge in [0.1, 0.15) is 18.2 Å². The average molecular weight is 422 g/mol. The highest BCUT2D eigenvalue weighted by molar-refractivity contribution is 5.91. The molecule has 1 aliphatic heterocycles. The van der Waals surface area contributed by atoms with Crippen molar-refractivity contribution in [2.75, 3.05) is 13.2 Å². The van der Waals surface area contributed by atoms with Crippen molar-refractivity contribution >= 4 is 18.0 Å². The minimum absolute atomic E-state index is 0.0713. The molecule has 0 spiro atoms. The number of carboxylic acids is 1. The number of fused-ring (bicyclic) bond motifs is 3. The van der Waals surface area contributed by atoms with E-state index in [1.54, 1.807) is 13.8 Å². The molecule has 0 saturated carbocycles. The van der Waals surface area contributed by atoms with E-state index in [9.17, 15) is 19.5 Å². The zero-order valence-electron chi connectivity index (χ0n) is 17.6. The number of alkyl carbamates (subject to hydrolysis) is 1. The summed E-state index contributed by atoms with van der Waals surface area (Å²) < 4.78 is 5.49. The first kappa shape index (κ1) is 20.9. The van der Waals surface area contributed by atoms with Gasteiger partial charge in [0.05, 0.1) is 0 Å². The summed E-state index contributed by atoms with van der Waals surface area (Å²) in [6.45, 7) is 3.60. The summed E-state index contributed by atoms with van der Waals surface area (Å²) in [5.41, 5.74) is 3.24. The maximum atomic E-state index is 12.8. The number of amides is 2. The number of nitrogens with one attached hydrogen (secondary N) is 1. The second-order valence-corrected chi connectivity index (χ2v) is 8.36. The van der Waals surface area contributed by atoms with Crippen molar-refractivity contribution < 1.29 is 24.2 Å². The first-order valence-corrected chi connectivity index (χ1v) is 10.5. The molecule has 1 unspecified atom stereocenters. The Morgan fingerprint density at radius 1 is 1.13 bits per heavy atom. The number of hydrogen-bond donors (Lipinski definition) is 2. The van der Waals surface area contributed by atoms with Crippen molar-refractivity contribution in [1.29, 1.82) is 0 Å². The van der Waals surface area contributed by atoms with Crippen LogP contribution in [0.5, 0.6) is 0 Å². The minimum Gasteiger partial charge on any atom is -0.480 e. The normalized spacial score (nSPS) is 20.6. The maximum Gasteiger partial charge on any atom is 0.407 e. The Balaban J connectivity index is 1.40. The predicted molar refractivity (Wildman–Crippen MR) is 115 cm³/mol. The first-order valence-electron chi connectivity index (χ1n) is 10.5. The van der Waals surface area contributed by atoms with Gasteiger partial charge >= 0.3 is 12.1 Å². The fourth-order valence-corrected chi connectivity index (χ4v) is 4.65. The number of rotatable bonds is 5. The number of aliphatic carboxylic acids is 1. The van der Waals surface area contributed by atoms with E-state index in [0.717, 1.165) is 22.3 Å². The Morgan fingerprint density at radius 2 is 1.71 bits per heavy atom. The molecule has 2 atom stereocenters. The topological polar surface area (TPSA) is 95.9 Å². The van der Waals surface area contributed by atoms with Crippen molar-refractivity contribution in [2.45, 2.75) is 44.2 Å². The molecule has 2 aliphatic rings. The Kier molecular flexibility index (Phi) is 5.43. The maximum absolute atomic E-state index is 12.8. The highest BCUT2D eigenvalue weighted by Crippen LogP contribution is 2.44. The Morgan fingerprint density at radius 3 is 2.29 bits per heavy atom. The molecule has 0 radical (unpaired) electrons. The zero-order valence-corrected chi connectivity index (χ0v) is 17.6. The van der Waals surface area contributed by atoms with Gasteiger partial charge in [-0.2, -0.15) is 0 Å². The highest BCUT2D eigenvalue weighted by Gasteiger charge is 2.47. The van der Waals surface area contributed by atoms with E-state index in [0.29, 0.717) is 19.4 Å². The molecule has 0 aromatic heterocycles. The molecule has 162 valence electrons. The summed E-state index contributed by atoms with van der Waals surface area (Å²) in [6.07, 6.45) is 0.316. The minimum atomic E-state index is -1.24. The van der Waals surface area contributed by atoms with E-state index in [1.165, 1.54) is 4.90 Å².